The monoisotopic (exact) mass is 363 g/mol. The Bertz CT molecular complexity index is 734. The summed E-state index contributed by atoms with van der Waals surface area (Å²) in [4.78, 5) is 12.2. The lowest BCUT2D eigenvalue weighted by Gasteiger charge is -2.19. The number of halogens is 2. The topological polar surface area (TPSA) is 47.6 Å². The lowest BCUT2D eigenvalue weighted by Crippen LogP contribution is -2.41. The predicted octanol–water partition coefficient (Wildman–Crippen LogP) is 3.88. The van der Waals surface area contributed by atoms with Crippen LogP contribution in [0.3, 0.4) is 0 Å². The van der Waals surface area contributed by atoms with Crippen LogP contribution in [0.4, 0.5) is 8.78 Å². The van der Waals surface area contributed by atoms with Crippen molar-refractivity contribution in [2.45, 2.75) is 38.8 Å². The van der Waals surface area contributed by atoms with Gasteiger partial charge >= 0.3 is 0 Å². The number of amides is 1. The number of carbonyl (C=O) groups excluding carboxylic acids is 1. The molecule has 1 N–H and O–H groups in total. The molecule has 0 heterocycles. The molecule has 0 fully saturated rings. The van der Waals surface area contributed by atoms with Gasteiger partial charge in [0.2, 0.25) is 0 Å². The number of ether oxygens (including phenoxy) is 2. The molecule has 0 saturated carbocycles. The Morgan fingerprint density at radius 1 is 1.04 bits per heavy atom. The molecule has 2 aromatic rings. The van der Waals surface area contributed by atoms with E-state index < -0.39 is 17.7 Å². The SMILES string of the molecule is COc1ccc(OC(C)C(=O)NC(C)CCc2ccc(F)c(F)c2)cc1. The molecule has 0 aliphatic heterocycles. The summed E-state index contributed by atoms with van der Waals surface area (Å²) in [6.45, 7) is 3.53. The number of aryl methyl sites for hydroxylation is 1. The number of hydrogen-bond acceptors (Lipinski definition) is 3. The number of nitrogens with one attached hydrogen (secondary N) is 1. The minimum absolute atomic E-state index is 0.127. The summed E-state index contributed by atoms with van der Waals surface area (Å²) in [5.41, 5.74) is 0.688. The average molecular weight is 363 g/mol. The zero-order valence-electron chi connectivity index (χ0n) is 15.1. The highest BCUT2D eigenvalue weighted by molar-refractivity contribution is 5.80. The van der Waals surface area contributed by atoms with Crippen LogP contribution in [0.5, 0.6) is 11.5 Å². The van der Waals surface area contributed by atoms with E-state index in [1.807, 2.05) is 6.92 Å². The highest BCUT2D eigenvalue weighted by Gasteiger charge is 2.17. The van der Waals surface area contributed by atoms with Gasteiger partial charge in [-0.25, -0.2) is 8.78 Å². The third kappa shape index (κ3) is 5.72. The molecule has 0 aliphatic rings. The number of methoxy groups -OCH3 is 1. The Morgan fingerprint density at radius 3 is 2.31 bits per heavy atom. The quantitative estimate of drug-likeness (QED) is 0.774. The number of rotatable bonds is 8. The summed E-state index contributed by atoms with van der Waals surface area (Å²) in [5.74, 6) is -0.679. The summed E-state index contributed by atoms with van der Waals surface area (Å²) in [7, 11) is 1.58. The molecule has 2 aromatic carbocycles. The third-order valence-electron chi connectivity index (χ3n) is 3.98. The fourth-order valence-electron chi connectivity index (χ4n) is 2.42. The van der Waals surface area contributed by atoms with E-state index in [2.05, 4.69) is 5.32 Å². The zero-order valence-corrected chi connectivity index (χ0v) is 15.1. The smallest absolute Gasteiger partial charge is 0.260 e. The second kappa shape index (κ2) is 9.17. The van der Waals surface area contributed by atoms with E-state index in [0.717, 1.165) is 6.07 Å². The molecular formula is C20H23F2NO3. The first kappa shape index (κ1) is 19.7. The van der Waals surface area contributed by atoms with E-state index in [1.54, 1.807) is 44.4 Å². The van der Waals surface area contributed by atoms with Crippen LogP contribution >= 0.6 is 0 Å². The van der Waals surface area contributed by atoms with Crippen LogP contribution in [0.2, 0.25) is 0 Å². The molecule has 2 unspecified atom stereocenters. The minimum Gasteiger partial charge on any atom is -0.497 e. The van der Waals surface area contributed by atoms with Gasteiger partial charge in [-0.3, -0.25) is 4.79 Å². The summed E-state index contributed by atoms with van der Waals surface area (Å²) in [5, 5.41) is 2.86. The molecule has 2 atom stereocenters. The summed E-state index contributed by atoms with van der Waals surface area (Å²) >= 11 is 0. The highest BCUT2D eigenvalue weighted by atomic mass is 19.2. The molecule has 0 radical (unpaired) electrons. The van der Waals surface area contributed by atoms with Crippen molar-refractivity contribution in [2.75, 3.05) is 7.11 Å². The maximum absolute atomic E-state index is 13.2. The van der Waals surface area contributed by atoms with Gasteiger partial charge in [0, 0.05) is 6.04 Å². The second-order valence-electron chi connectivity index (χ2n) is 6.13. The van der Waals surface area contributed by atoms with E-state index in [9.17, 15) is 13.6 Å². The van der Waals surface area contributed by atoms with E-state index in [-0.39, 0.29) is 11.9 Å². The summed E-state index contributed by atoms with van der Waals surface area (Å²) in [6, 6.07) is 10.7. The van der Waals surface area contributed by atoms with Gasteiger partial charge < -0.3 is 14.8 Å². The van der Waals surface area contributed by atoms with Crippen LogP contribution in [-0.2, 0) is 11.2 Å². The van der Waals surface area contributed by atoms with Crippen molar-refractivity contribution in [1.82, 2.24) is 5.32 Å². The van der Waals surface area contributed by atoms with Gasteiger partial charge in [-0.1, -0.05) is 6.07 Å². The molecule has 140 valence electrons. The zero-order chi connectivity index (χ0) is 19.1. The van der Waals surface area contributed by atoms with Crippen LogP contribution in [-0.4, -0.2) is 25.2 Å². The first-order valence-corrected chi connectivity index (χ1v) is 8.44. The lowest BCUT2D eigenvalue weighted by molar-refractivity contribution is -0.127. The summed E-state index contributed by atoms with van der Waals surface area (Å²) in [6.07, 6.45) is 0.479. The molecule has 4 nitrogen and oxygen atoms in total. The van der Waals surface area contributed by atoms with Crippen LogP contribution in [0.25, 0.3) is 0 Å². The fraction of sp³-hybridized carbons (Fsp3) is 0.350. The van der Waals surface area contributed by atoms with Crippen molar-refractivity contribution in [3.8, 4) is 11.5 Å². The Balaban J connectivity index is 1.80. The molecule has 26 heavy (non-hydrogen) atoms. The number of carbonyl (C=O) groups is 1. The van der Waals surface area contributed by atoms with E-state index in [4.69, 9.17) is 9.47 Å². The van der Waals surface area contributed by atoms with E-state index in [0.29, 0.717) is 29.9 Å². The molecule has 1 amide bonds. The van der Waals surface area contributed by atoms with Crippen LogP contribution in [0.1, 0.15) is 25.8 Å². The molecular weight excluding hydrogens is 340 g/mol. The molecule has 0 aromatic heterocycles. The molecule has 6 heteroatoms. The van der Waals surface area contributed by atoms with Gasteiger partial charge in [-0.15, -0.1) is 0 Å². The number of benzene rings is 2. The minimum atomic E-state index is -0.861. The van der Waals surface area contributed by atoms with Gasteiger partial charge in [-0.2, -0.15) is 0 Å². The normalized spacial score (nSPS) is 13.0. The predicted molar refractivity (Wildman–Crippen MR) is 95.4 cm³/mol. The Kier molecular flexibility index (Phi) is 6.95. The van der Waals surface area contributed by atoms with Crippen molar-refractivity contribution in [2.24, 2.45) is 0 Å². The Labute approximate surface area is 152 Å². The average Bonchev–Trinajstić information content (AvgIpc) is 2.63. The molecule has 0 saturated heterocycles. The van der Waals surface area contributed by atoms with E-state index >= 15 is 0 Å². The molecule has 0 bridgehead atoms. The van der Waals surface area contributed by atoms with Gasteiger partial charge in [0.05, 0.1) is 7.11 Å². The van der Waals surface area contributed by atoms with Gasteiger partial charge in [0.25, 0.3) is 5.91 Å². The van der Waals surface area contributed by atoms with Crippen LogP contribution in [0, 0.1) is 11.6 Å². The molecule has 0 spiro atoms. The molecule has 2 rings (SSSR count). The van der Waals surface area contributed by atoms with Crippen LogP contribution < -0.4 is 14.8 Å². The Hall–Kier alpha value is -2.63. The van der Waals surface area contributed by atoms with Crippen molar-refractivity contribution >= 4 is 5.91 Å². The fourth-order valence-corrected chi connectivity index (χ4v) is 2.42. The van der Waals surface area contributed by atoms with Crippen molar-refractivity contribution in [3.05, 3.63) is 59.7 Å². The van der Waals surface area contributed by atoms with E-state index in [1.165, 1.54) is 6.07 Å². The summed E-state index contributed by atoms with van der Waals surface area (Å²) < 4.78 is 36.8. The second-order valence-corrected chi connectivity index (χ2v) is 6.13. The van der Waals surface area contributed by atoms with Crippen molar-refractivity contribution < 1.29 is 23.0 Å². The largest absolute Gasteiger partial charge is 0.497 e. The van der Waals surface area contributed by atoms with Gasteiger partial charge in [-0.05, 0) is 68.7 Å². The van der Waals surface area contributed by atoms with Gasteiger partial charge in [0.1, 0.15) is 11.5 Å². The first-order chi connectivity index (χ1) is 12.4. The van der Waals surface area contributed by atoms with Gasteiger partial charge in [0.15, 0.2) is 17.7 Å². The van der Waals surface area contributed by atoms with Crippen molar-refractivity contribution in [3.63, 3.8) is 0 Å². The number of hydrogen-bond donors (Lipinski definition) is 1. The highest BCUT2D eigenvalue weighted by Crippen LogP contribution is 2.18. The first-order valence-electron chi connectivity index (χ1n) is 8.44. The lowest BCUT2D eigenvalue weighted by atomic mass is 10.1. The third-order valence-corrected chi connectivity index (χ3v) is 3.98. The standard InChI is InChI=1S/C20H23F2NO3/c1-13(4-5-15-6-11-18(21)19(22)12-15)23-20(24)14(2)26-17-9-7-16(25-3)8-10-17/h6-14H,4-5H2,1-3H3,(H,23,24). The maximum Gasteiger partial charge on any atom is 0.260 e. The van der Waals surface area contributed by atoms with Crippen LogP contribution in [0.15, 0.2) is 42.5 Å². The maximum atomic E-state index is 13.2. The van der Waals surface area contributed by atoms with Crippen molar-refractivity contribution in [1.29, 1.82) is 0 Å². The Morgan fingerprint density at radius 2 is 1.69 bits per heavy atom. The molecule has 0 aliphatic carbocycles.